The minimum atomic E-state index is 0.339. The van der Waals surface area contributed by atoms with E-state index in [1.165, 1.54) is 23.5 Å². The van der Waals surface area contributed by atoms with E-state index in [0.29, 0.717) is 17.8 Å². The molecule has 1 saturated heterocycles. The molecule has 5 rings (SSSR count). The predicted molar refractivity (Wildman–Crippen MR) is 80.9 cm³/mol. The zero-order valence-electron chi connectivity index (χ0n) is 12.2. The highest BCUT2D eigenvalue weighted by Crippen LogP contribution is 2.46. The van der Waals surface area contributed by atoms with Crippen molar-refractivity contribution in [3.05, 3.63) is 42.2 Å². The van der Waals surface area contributed by atoms with Gasteiger partial charge < -0.3 is 9.42 Å². The molecule has 0 spiro atoms. The summed E-state index contributed by atoms with van der Waals surface area (Å²) in [4.78, 5) is 11.4. The van der Waals surface area contributed by atoms with Gasteiger partial charge in [-0.3, -0.25) is 4.57 Å². The summed E-state index contributed by atoms with van der Waals surface area (Å²) in [6, 6.07) is 8.83. The Bertz CT molecular complexity index is 865. The Balaban J connectivity index is 1.78. The molecule has 6 heteroatoms. The Hall–Kier alpha value is -2.63. The number of hydrogen-bond acceptors (Lipinski definition) is 5. The zero-order valence-corrected chi connectivity index (χ0v) is 12.2. The Morgan fingerprint density at radius 3 is 2.91 bits per heavy atom. The molecule has 0 aliphatic carbocycles. The lowest BCUT2D eigenvalue weighted by atomic mass is 10.0. The number of nitrogens with zero attached hydrogens (tertiary/aromatic N) is 5. The standard InChI is InChI=1S/C16H15N5O/c1-10-18-16(19-22-10)14-15-13-7-4-8-20(13)11-5-2-3-6-12(11)21(15)9-17-14/h2-3,5-6,9,13H,4,7-8H2,1H3. The Morgan fingerprint density at radius 2 is 2.09 bits per heavy atom. The molecule has 0 amide bonds. The number of para-hydroxylation sites is 2. The van der Waals surface area contributed by atoms with Crippen molar-refractivity contribution in [3.8, 4) is 17.2 Å². The minimum Gasteiger partial charge on any atom is -0.361 e. The van der Waals surface area contributed by atoms with Crippen molar-refractivity contribution >= 4 is 5.69 Å². The van der Waals surface area contributed by atoms with E-state index in [-0.39, 0.29) is 0 Å². The quantitative estimate of drug-likeness (QED) is 0.690. The van der Waals surface area contributed by atoms with Crippen molar-refractivity contribution in [2.45, 2.75) is 25.8 Å². The molecule has 0 N–H and O–H groups in total. The summed E-state index contributed by atoms with van der Waals surface area (Å²) in [6.07, 6.45) is 4.20. The van der Waals surface area contributed by atoms with Crippen LogP contribution >= 0.6 is 0 Å². The SMILES string of the molecule is Cc1nc(-c2ncn3c2C2CCCN2c2ccccc2-3)no1. The average Bonchev–Trinajstić information content (AvgIpc) is 3.25. The Morgan fingerprint density at radius 1 is 1.23 bits per heavy atom. The molecule has 1 fully saturated rings. The largest absolute Gasteiger partial charge is 0.361 e. The van der Waals surface area contributed by atoms with Crippen LogP contribution < -0.4 is 4.90 Å². The first-order chi connectivity index (χ1) is 10.8. The summed E-state index contributed by atoms with van der Waals surface area (Å²) in [5.74, 6) is 1.15. The first kappa shape index (κ1) is 12.0. The molecule has 2 aliphatic rings. The van der Waals surface area contributed by atoms with Gasteiger partial charge in [-0.2, -0.15) is 4.98 Å². The van der Waals surface area contributed by atoms with Crippen LogP contribution in [0.2, 0.25) is 0 Å². The number of imidazole rings is 1. The third kappa shape index (κ3) is 1.46. The maximum Gasteiger partial charge on any atom is 0.223 e. The van der Waals surface area contributed by atoms with E-state index < -0.39 is 0 Å². The second-order valence-corrected chi connectivity index (χ2v) is 5.83. The van der Waals surface area contributed by atoms with Crippen molar-refractivity contribution in [3.63, 3.8) is 0 Å². The molecule has 110 valence electrons. The van der Waals surface area contributed by atoms with Crippen molar-refractivity contribution in [1.29, 1.82) is 0 Å². The summed E-state index contributed by atoms with van der Waals surface area (Å²) in [5, 5.41) is 4.06. The predicted octanol–water partition coefficient (Wildman–Crippen LogP) is 2.89. The van der Waals surface area contributed by atoms with Crippen LogP contribution in [0.5, 0.6) is 0 Å². The maximum absolute atomic E-state index is 5.14. The fourth-order valence-electron chi connectivity index (χ4n) is 3.69. The van der Waals surface area contributed by atoms with Crippen molar-refractivity contribution < 1.29 is 4.52 Å². The minimum absolute atomic E-state index is 0.339. The maximum atomic E-state index is 5.14. The summed E-state index contributed by atoms with van der Waals surface area (Å²) in [6.45, 7) is 2.88. The highest BCUT2D eigenvalue weighted by atomic mass is 16.5. The molecule has 4 heterocycles. The highest BCUT2D eigenvalue weighted by Gasteiger charge is 2.37. The average molecular weight is 293 g/mol. The lowest BCUT2D eigenvalue weighted by Gasteiger charge is -2.34. The fourth-order valence-corrected chi connectivity index (χ4v) is 3.69. The highest BCUT2D eigenvalue weighted by molar-refractivity contribution is 5.71. The molecule has 0 radical (unpaired) electrons. The van der Waals surface area contributed by atoms with Gasteiger partial charge >= 0.3 is 0 Å². The Kier molecular flexibility index (Phi) is 2.28. The van der Waals surface area contributed by atoms with Gasteiger partial charge in [-0.05, 0) is 25.0 Å². The van der Waals surface area contributed by atoms with Gasteiger partial charge in [-0.25, -0.2) is 4.98 Å². The summed E-state index contributed by atoms with van der Waals surface area (Å²) < 4.78 is 7.32. The van der Waals surface area contributed by atoms with Gasteiger partial charge in [0.2, 0.25) is 11.7 Å². The lowest BCUT2D eigenvalue weighted by molar-refractivity contribution is 0.394. The van der Waals surface area contributed by atoms with Gasteiger partial charge in [0.05, 0.1) is 23.1 Å². The Labute approximate surface area is 127 Å². The lowest BCUT2D eigenvalue weighted by Crippen LogP contribution is -2.29. The van der Waals surface area contributed by atoms with Crippen LogP contribution in [0.25, 0.3) is 17.2 Å². The molecular weight excluding hydrogens is 278 g/mol. The van der Waals surface area contributed by atoms with E-state index in [4.69, 9.17) is 4.52 Å². The summed E-state index contributed by atoms with van der Waals surface area (Å²) in [7, 11) is 0. The number of rotatable bonds is 1. The second kappa shape index (κ2) is 4.19. The van der Waals surface area contributed by atoms with E-state index in [2.05, 4.69) is 48.9 Å². The molecule has 2 aromatic heterocycles. The van der Waals surface area contributed by atoms with Crippen LogP contribution in [0.15, 0.2) is 35.1 Å². The van der Waals surface area contributed by atoms with Crippen molar-refractivity contribution in [1.82, 2.24) is 19.7 Å². The number of aromatic nitrogens is 4. The van der Waals surface area contributed by atoms with Gasteiger partial charge in [0.1, 0.15) is 12.0 Å². The smallest absolute Gasteiger partial charge is 0.223 e. The number of anilines is 1. The van der Waals surface area contributed by atoms with Crippen LogP contribution in [0.4, 0.5) is 5.69 Å². The van der Waals surface area contributed by atoms with E-state index >= 15 is 0 Å². The molecule has 0 saturated carbocycles. The number of fused-ring (bicyclic) bond motifs is 6. The molecule has 6 nitrogen and oxygen atoms in total. The van der Waals surface area contributed by atoms with E-state index in [1.807, 2.05) is 6.33 Å². The molecule has 1 atom stereocenters. The number of hydrogen-bond donors (Lipinski definition) is 0. The van der Waals surface area contributed by atoms with E-state index in [9.17, 15) is 0 Å². The van der Waals surface area contributed by atoms with E-state index in [1.54, 1.807) is 6.92 Å². The molecule has 1 unspecified atom stereocenters. The van der Waals surface area contributed by atoms with Crippen LogP contribution in [0.1, 0.15) is 30.5 Å². The first-order valence-corrected chi connectivity index (χ1v) is 7.57. The monoisotopic (exact) mass is 293 g/mol. The topological polar surface area (TPSA) is 60.0 Å². The van der Waals surface area contributed by atoms with Crippen LogP contribution in [0, 0.1) is 6.92 Å². The molecule has 22 heavy (non-hydrogen) atoms. The van der Waals surface area contributed by atoms with E-state index in [0.717, 1.165) is 18.7 Å². The molecule has 3 aromatic rings. The normalized spacial score (nSPS) is 19.0. The van der Waals surface area contributed by atoms with Crippen LogP contribution in [-0.4, -0.2) is 26.2 Å². The van der Waals surface area contributed by atoms with Gasteiger partial charge in [-0.15, -0.1) is 0 Å². The van der Waals surface area contributed by atoms with Crippen LogP contribution in [-0.2, 0) is 0 Å². The van der Waals surface area contributed by atoms with Crippen LogP contribution in [0.3, 0.4) is 0 Å². The van der Waals surface area contributed by atoms with Gasteiger partial charge in [0.15, 0.2) is 0 Å². The second-order valence-electron chi connectivity index (χ2n) is 5.83. The third-order valence-electron chi connectivity index (χ3n) is 4.56. The molecular formula is C16H15N5O. The van der Waals surface area contributed by atoms with Gasteiger partial charge in [0.25, 0.3) is 0 Å². The number of aryl methyl sites for hydroxylation is 1. The molecule has 1 aromatic carbocycles. The first-order valence-electron chi connectivity index (χ1n) is 7.57. The summed E-state index contributed by atoms with van der Waals surface area (Å²) >= 11 is 0. The summed E-state index contributed by atoms with van der Waals surface area (Å²) in [5.41, 5.74) is 4.47. The molecule has 2 aliphatic heterocycles. The zero-order chi connectivity index (χ0) is 14.7. The van der Waals surface area contributed by atoms with Gasteiger partial charge in [0, 0.05) is 13.5 Å². The van der Waals surface area contributed by atoms with Crippen molar-refractivity contribution in [2.75, 3.05) is 11.4 Å². The van der Waals surface area contributed by atoms with Crippen molar-refractivity contribution in [2.24, 2.45) is 0 Å². The molecule has 0 bridgehead atoms. The number of benzene rings is 1. The fraction of sp³-hybridized carbons (Fsp3) is 0.312. The third-order valence-corrected chi connectivity index (χ3v) is 4.56. The van der Waals surface area contributed by atoms with Gasteiger partial charge in [-0.1, -0.05) is 17.3 Å².